The third-order valence-corrected chi connectivity index (χ3v) is 3.38. The summed E-state index contributed by atoms with van der Waals surface area (Å²) in [6.45, 7) is 0. The molecule has 1 rings (SSSR count). The fourth-order valence-electron chi connectivity index (χ4n) is 0.408. The van der Waals surface area contributed by atoms with E-state index in [0.29, 0.717) is 6.01 Å². The van der Waals surface area contributed by atoms with Crippen LogP contribution < -0.4 is 4.74 Å². The molecule has 0 saturated heterocycles. The molecule has 0 spiro atoms. The predicted octanol–water partition coefficient (Wildman–Crippen LogP) is 1.63. The quantitative estimate of drug-likeness (QED) is 0.782. The van der Waals surface area contributed by atoms with Crippen molar-refractivity contribution < 1.29 is 4.74 Å². The van der Waals surface area contributed by atoms with Crippen molar-refractivity contribution in [2.45, 2.75) is 0 Å². The number of imidazole rings is 1. The van der Waals surface area contributed by atoms with Gasteiger partial charge >= 0.3 is 0 Å². The largest absolute Gasteiger partial charge is 0.468 e. The van der Waals surface area contributed by atoms with Gasteiger partial charge in [0.25, 0.3) is 6.01 Å². The summed E-state index contributed by atoms with van der Waals surface area (Å²) in [4.78, 5) is 6.97. The first kappa shape index (κ1) is 7.58. The molecule has 0 aliphatic heterocycles. The van der Waals surface area contributed by atoms with E-state index in [0.717, 1.165) is 7.40 Å². The summed E-state index contributed by atoms with van der Waals surface area (Å²) in [7, 11) is 1.59. The van der Waals surface area contributed by atoms with Gasteiger partial charge in [-0.25, -0.2) is 0 Å². The highest BCUT2D eigenvalue weighted by molar-refractivity contribution is 14.1. The van der Waals surface area contributed by atoms with Crippen LogP contribution in [0.2, 0.25) is 0 Å². The molecule has 0 aromatic carbocycles. The van der Waals surface area contributed by atoms with E-state index < -0.39 is 0 Å². The molecule has 1 aromatic heterocycles. The molecule has 0 fully saturated rings. The molecule has 9 heavy (non-hydrogen) atoms. The van der Waals surface area contributed by atoms with Crippen molar-refractivity contribution in [1.29, 1.82) is 0 Å². The zero-order valence-corrected chi connectivity index (χ0v) is 8.93. The van der Waals surface area contributed by atoms with Crippen LogP contribution in [0.15, 0.2) is 0 Å². The molecular weight excluding hydrogens is 346 g/mol. The summed E-state index contributed by atoms with van der Waals surface area (Å²) in [5.41, 5.74) is 0. The molecule has 1 N–H and O–H groups in total. The monoisotopic (exact) mass is 350 g/mol. The minimum atomic E-state index is 0.573. The van der Waals surface area contributed by atoms with Gasteiger partial charge in [0.2, 0.25) is 0 Å². The van der Waals surface area contributed by atoms with Crippen molar-refractivity contribution >= 4 is 45.2 Å². The number of halogens is 2. The number of hydrogen-bond donors (Lipinski definition) is 1. The van der Waals surface area contributed by atoms with Crippen molar-refractivity contribution in [2.24, 2.45) is 0 Å². The zero-order chi connectivity index (χ0) is 6.85. The van der Waals surface area contributed by atoms with E-state index in [1.807, 2.05) is 0 Å². The highest BCUT2D eigenvalue weighted by Gasteiger charge is 2.02. The van der Waals surface area contributed by atoms with Crippen molar-refractivity contribution in [2.75, 3.05) is 7.11 Å². The van der Waals surface area contributed by atoms with E-state index >= 15 is 0 Å². The van der Waals surface area contributed by atoms with Crippen LogP contribution in [-0.4, -0.2) is 17.1 Å². The standard InChI is InChI=1S/C4H4I2N2O/c1-9-4-7-2(5)3(6)8-4/h1H3,(H,7,8). The molecule has 0 amide bonds. The SMILES string of the molecule is COc1nc(I)c(I)[nH]1. The molecule has 5 heteroatoms. The van der Waals surface area contributed by atoms with E-state index in [1.54, 1.807) is 7.11 Å². The Morgan fingerprint density at radius 2 is 2.22 bits per heavy atom. The van der Waals surface area contributed by atoms with Crippen molar-refractivity contribution in [1.82, 2.24) is 9.97 Å². The number of nitrogens with zero attached hydrogens (tertiary/aromatic N) is 1. The third kappa shape index (κ3) is 1.69. The Labute approximate surface area is 79.9 Å². The summed E-state index contributed by atoms with van der Waals surface area (Å²) < 4.78 is 6.81. The second-order valence-electron chi connectivity index (χ2n) is 1.35. The van der Waals surface area contributed by atoms with Gasteiger partial charge in [0.05, 0.1) is 7.11 Å². The van der Waals surface area contributed by atoms with Crippen molar-refractivity contribution in [3.8, 4) is 6.01 Å². The van der Waals surface area contributed by atoms with Crippen LogP contribution in [0.4, 0.5) is 0 Å². The maximum atomic E-state index is 4.84. The molecule has 0 bridgehead atoms. The van der Waals surface area contributed by atoms with Gasteiger partial charge in [0.15, 0.2) is 0 Å². The van der Waals surface area contributed by atoms with Crippen LogP contribution in [0, 0.1) is 7.40 Å². The van der Waals surface area contributed by atoms with E-state index in [-0.39, 0.29) is 0 Å². The van der Waals surface area contributed by atoms with Gasteiger partial charge in [-0.1, -0.05) is 0 Å². The molecule has 0 atom stereocenters. The number of aromatic nitrogens is 2. The second-order valence-corrected chi connectivity index (χ2v) is 3.45. The Morgan fingerprint density at radius 3 is 2.44 bits per heavy atom. The van der Waals surface area contributed by atoms with E-state index in [4.69, 9.17) is 4.74 Å². The summed E-state index contributed by atoms with van der Waals surface area (Å²) in [5, 5.41) is 0. The van der Waals surface area contributed by atoms with Crippen molar-refractivity contribution in [3.05, 3.63) is 7.40 Å². The Hall–Kier alpha value is 0.470. The van der Waals surface area contributed by atoms with Crippen LogP contribution in [0.25, 0.3) is 0 Å². The molecule has 1 heterocycles. The highest BCUT2D eigenvalue weighted by Crippen LogP contribution is 2.14. The Kier molecular flexibility index (Phi) is 2.56. The minimum Gasteiger partial charge on any atom is -0.468 e. The first-order valence-corrected chi connectivity index (χ1v) is 4.35. The molecule has 50 valence electrons. The third-order valence-electron chi connectivity index (χ3n) is 0.791. The maximum absolute atomic E-state index is 4.84. The topological polar surface area (TPSA) is 37.9 Å². The summed E-state index contributed by atoms with van der Waals surface area (Å²) in [5.74, 6) is 0. The van der Waals surface area contributed by atoms with Gasteiger partial charge in [0.1, 0.15) is 7.40 Å². The Morgan fingerprint density at radius 1 is 1.56 bits per heavy atom. The van der Waals surface area contributed by atoms with E-state index in [1.165, 1.54) is 0 Å². The number of aromatic amines is 1. The highest BCUT2D eigenvalue weighted by atomic mass is 127. The molecule has 3 nitrogen and oxygen atoms in total. The minimum absolute atomic E-state index is 0.573. The average Bonchev–Trinajstić information content (AvgIpc) is 2.13. The number of hydrogen-bond acceptors (Lipinski definition) is 2. The summed E-state index contributed by atoms with van der Waals surface area (Å²) in [6, 6.07) is 0.573. The molecular formula is C4H4I2N2O. The lowest BCUT2D eigenvalue weighted by atomic mass is 11.0. The van der Waals surface area contributed by atoms with Crippen LogP contribution >= 0.6 is 45.2 Å². The van der Waals surface area contributed by atoms with E-state index in [9.17, 15) is 0 Å². The fraction of sp³-hybridized carbons (Fsp3) is 0.250. The molecule has 0 saturated carbocycles. The molecule has 0 aliphatic rings. The van der Waals surface area contributed by atoms with Gasteiger partial charge in [0, 0.05) is 0 Å². The van der Waals surface area contributed by atoms with Gasteiger partial charge < -0.3 is 9.72 Å². The number of nitrogens with one attached hydrogen (secondary N) is 1. The summed E-state index contributed by atoms with van der Waals surface area (Å²) in [6.07, 6.45) is 0. The lowest BCUT2D eigenvalue weighted by Crippen LogP contribution is -1.82. The first-order chi connectivity index (χ1) is 4.24. The van der Waals surface area contributed by atoms with E-state index in [2.05, 4.69) is 55.1 Å². The number of ether oxygens (including phenoxy) is 1. The van der Waals surface area contributed by atoms with Crippen LogP contribution in [0.5, 0.6) is 6.01 Å². The smallest absolute Gasteiger partial charge is 0.295 e. The number of rotatable bonds is 1. The number of methoxy groups -OCH3 is 1. The zero-order valence-electron chi connectivity index (χ0n) is 4.61. The fourth-order valence-corrected chi connectivity index (χ4v) is 1.11. The lowest BCUT2D eigenvalue weighted by molar-refractivity contribution is 0.383. The molecule has 0 radical (unpaired) electrons. The van der Waals surface area contributed by atoms with Gasteiger partial charge in [-0.05, 0) is 45.2 Å². The van der Waals surface area contributed by atoms with Crippen LogP contribution in [-0.2, 0) is 0 Å². The normalized spacial score (nSPS) is 9.67. The second kappa shape index (κ2) is 3.04. The van der Waals surface area contributed by atoms with Crippen molar-refractivity contribution in [3.63, 3.8) is 0 Å². The van der Waals surface area contributed by atoms with Gasteiger partial charge in [-0.3, -0.25) is 0 Å². The summed E-state index contributed by atoms with van der Waals surface area (Å²) >= 11 is 4.30. The van der Waals surface area contributed by atoms with Crippen LogP contribution in [0.3, 0.4) is 0 Å². The average molecular weight is 350 g/mol. The maximum Gasteiger partial charge on any atom is 0.295 e. The first-order valence-electron chi connectivity index (χ1n) is 2.19. The van der Waals surface area contributed by atoms with Gasteiger partial charge in [-0.15, -0.1) is 0 Å². The molecule has 1 aromatic rings. The Bertz CT molecular complexity index is 191. The van der Waals surface area contributed by atoms with Crippen LogP contribution in [0.1, 0.15) is 0 Å². The Balaban J connectivity index is 2.98. The van der Waals surface area contributed by atoms with Gasteiger partial charge in [-0.2, -0.15) is 4.98 Å². The molecule has 0 aliphatic carbocycles. The lowest BCUT2D eigenvalue weighted by Gasteiger charge is -1.86. The predicted molar refractivity (Wildman–Crippen MR) is 50.6 cm³/mol. The molecule has 0 unspecified atom stereocenters. The number of H-pyrrole nitrogens is 1.